The Morgan fingerprint density at radius 2 is 1.87 bits per heavy atom. The van der Waals surface area contributed by atoms with Crippen LogP contribution in [0, 0.1) is 5.41 Å². The molecule has 0 aromatic heterocycles. The highest BCUT2D eigenvalue weighted by molar-refractivity contribution is 7.89. The fraction of sp³-hybridized carbons (Fsp3) is 0.588. The molecule has 0 spiro atoms. The smallest absolute Gasteiger partial charge is 0.242 e. The maximum atomic E-state index is 12.4. The number of fused-ring (bicyclic) bond motifs is 1. The summed E-state index contributed by atoms with van der Waals surface area (Å²) >= 11 is 0. The van der Waals surface area contributed by atoms with Gasteiger partial charge in [-0.15, -0.1) is 0 Å². The lowest BCUT2D eigenvalue weighted by atomic mass is 9.91. The molecule has 1 aromatic rings. The fourth-order valence-electron chi connectivity index (χ4n) is 2.68. The van der Waals surface area contributed by atoms with Gasteiger partial charge in [-0.2, -0.15) is 0 Å². The summed E-state index contributed by atoms with van der Waals surface area (Å²) in [5.41, 5.74) is 2.01. The van der Waals surface area contributed by atoms with Crippen molar-refractivity contribution in [3.8, 4) is 0 Å². The van der Waals surface area contributed by atoms with Gasteiger partial charge >= 0.3 is 0 Å². The highest BCUT2D eigenvalue weighted by atomic mass is 32.2. The lowest BCUT2D eigenvalue weighted by Gasteiger charge is -2.31. The SMILES string of the molecule is CN(C)S(=O)(=O)c1ccc2c(c1)CN(C(=O)CC(C)(C)C)CC2. The Balaban J connectivity index is 2.25. The minimum atomic E-state index is -3.45. The second kappa shape index (κ2) is 6.24. The largest absolute Gasteiger partial charge is 0.338 e. The number of carbonyl (C=O) groups excluding carboxylic acids is 1. The van der Waals surface area contributed by atoms with E-state index < -0.39 is 10.0 Å². The van der Waals surface area contributed by atoms with Crippen LogP contribution in [-0.4, -0.2) is 44.2 Å². The Morgan fingerprint density at radius 1 is 1.22 bits per heavy atom. The Bertz CT molecular complexity index is 703. The molecule has 0 radical (unpaired) electrons. The number of rotatable bonds is 3. The molecular formula is C17H26N2O3S. The monoisotopic (exact) mass is 338 g/mol. The first-order valence-electron chi connectivity index (χ1n) is 7.83. The number of nitrogens with zero attached hydrogens (tertiary/aromatic N) is 2. The van der Waals surface area contributed by atoms with Crippen molar-refractivity contribution in [2.45, 2.75) is 45.1 Å². The van der Waals surface area contributed by atoms with E-state index in [4.69, 9.17) is 0 Å². The molecule has 0 fully saturated rings. The van der Waals surface area contributed by atoms with E-state index in [1.807, 2.05) is 31.7 Å². The average Bonchev–Trinajstić information content (AvgIpc) is 2.44. The lowest BCUT2D eigenvalue weighted by molar-refractivity contribution is -0.134. The highest BCUT2D eigenvalue weighted by Crippen LogP contribution is 2.26. The van der Waals surface area contributed by atoms with Gasteiger partial charge in [-0.3, -0.25) is 4.79 Å². The van der Waals surface area contributed by atoms with Crippen LogP contribution in [0.3, 0.4) is 0 Å². The maximum Gasteiger partial charge on any atom is 0.242 e. The van der Waals surface area contributed by atoms with Gasteiger partial charge in [0.25, 0.3) is 0 Å². The molecule has 5 nitrogen and oxygen atoms in total. The van der Waals surface area contributed by atoms with Crippen LogP contribution in [-0.2, 0) is 27.8 Å². The molecule has 1 amide bonds. The molecule has 0 aliphatic carbocycles. The minimum Gasteiger partial charge on any atom is -0.338 e. The molecule has 23 heavy (non-hydrogen) atoms. The third-order valence-electron chi connectivity index (χ3n) is 4.00. The predicted octanol–water partition coefficient (Wildman–Crippen LogP) is 2.26. The van der Waals surface area contributed by atoms with E-state index in [2.05, 4.69) is 0 Å². The Morgan fingerprint density at radius 3 is 2.43 bits per heavy atom. The molecule has 0 atom stereocenters. The second-order valence-corrected chi connectivity index (χ2v) is 9.67. The van der Waals surface area contributed by atoms with Crippen LogP contribution in [0.2, 0.25) is 0 Å². The molecular weight excluding hydrogens is 312 g/mol. The molecule has 1 aliphatic heterocycles. The normalized spacial score (nSPS) is 15.7. The zero-order valence-corrected chi connectivity index (χ0v) is 15.4. The molecule has 6 heteroatoms. The van der Waals surface area contributed by atoms with Crippen LogP contribution in [0.25, 0.3) is 0 Å². The predicted molar refractivity (Wildman–Crippen MR) is 90.5 cm³/mol. The zero-order valence-electron chi connectivity index (χ0n) is 14.6. The first-order valence-corrected chi connectivity index (χ1v) is 9.27. The Labute approximate surface area is 139 Å². The number of sulfonamides is 1. The number of amides is 1. The van der Waals surface area contributed by atoms with E-state index in [1.54, 1.807) is 12.1 Å². The van der Waals surface area contributed by atoms with Gasteiger partial charge in [0.2, 0.25) is 15.9 Å². The van der Waals surface area contributed by atoms with Crippen LogP contribution in [0.4, 0.5) is 0 Å². The van der Waals surface area contributed by atoms with E-state index in [9.17, 15) is 13.2 Å². The number of hydrogen-bond donors (Lipinski definition) is 0. The van der Waals surface area contributed by atoms with Crippen molar-refractivity contribution in [3.05, 3.63) is 29.3 Å². The van der Waals surface area contributed by atoms with Crippen LogP contribution < -0.4 is 0 Å². The Hall–Kier alpha value is -1.40. The Kier molecular flexibility index (Phi) is 4.87. The number of benzene rings is 1. The van der Waals surface area contributed by atoms with Crippen molar-refractivity contribution in [2.24, 2.45) is 5.41 Å². The van der Waals surface area contributed by atoms with Gasteiger partial charge in [-0.05, 0) is 35.1 Å². The van der Waals surface area contributed by atoms with Crippen molar-refractivity contribution in [3.63, 3.8) is 0 Å². The van der Waals surface area contributed by atoms with Gasteiger partial charge in [-0.1, -0.05) is 26.8 Å². The van der Waals surface area contributed by atoms with E-state index in [-0.39, 0.29) is 16.2 Å². The molecule has 0 N–H and O–H groups in total. The van der Waals surface area contributed by atoms with Crippen molar-refractivity contribution in [1.82, 2.24) is 9.21 Å². The molecule has 0 saturated heterocycles. The van der Waals surface area contributed by atoms with E-state index >= 15 is 0 Å². The summed E-state index contributed by atoms with van der Waals surface area (Å²) in [7, 11) is -0.403. The van der Waals surface area contributed by atoms with Crippen molar-refractivity contribution in [1.29, 1.82) is 0 Å². The van der Waals surface area contributed by atoms with Gasteiger partial charge in [0, 0.05) is 33.6 Å². The highest BCUT2D eigenvalue weighted by Gasteiger charge is 2.26. The number of hydrogen-bond acceptors (Lipinski definition) is 3. The minimum absolute atomic E-state index is 0.0481. The van der Waals surface area contributed by atoms with Crippen LogP contribution >= 0.6 is 0 Å². The van der Waals surface area contributed by atoms with Crippen molar-refractivity contribution in [2.75, 3.05) is 20.6 Å². The topological polar surface area (TPSA) is 57.7 Å². The molecule has 1 aliphatic rings. The zero-order chi connectivity index (χ0) is 17.4. The van der Waals surface area contributed by atoms with Crippen molar-refractivity contribution >= 4 is 15.9 Å². The molecule has 2 rings (SSSR count). The average molecular weight is 338 g/mol. The molecule has 0 saturated carbocycles. The van der Waals surface area contributed by atoms with Gasteiger partial charge in [0.15, 0.2) is 0 Å². The van der Waals surface area contributed by atoms with Gasteiger partial charge < -0.3 is 4.90 Å². The summed E-state index contributed by atoms with van der Waals surface area (Å²) in [5, 5.41) is 0. The van der Waals surface area contributed by atoms with Crippen LogP contribution in [0.1, 0.15) is 38.3 Å². The molecule has 128 valence electrons. The van der Waals surface area contributed by atoms with Gasteiger partial charge in [-0.25, -0.2) is 12.7 Å². The van der Waals surface area contributed by atoms with Gasteiger partial charge in [0.05, 0.1) is 4.90 Å². The van der Waals surface area contributed by atoms with Crippen LogP contribution in [0.15, 0.2) is 23.1 Å². The van der Waals surface area contributed by atoms with E-state index in [1.165, 1.54) is 18.4 Å². The van der Waals surface area contributed by atoms with Gasteiger partial charge in [0.1, 0.15) is 0 Å². The summed E-state index contributed by atoms with van der Waals surface area (Å²) in [5.74, 6) is 0.129. The second-order valence-electron chi connectivity index (χ2n) is 7.52. The fourth-order valence-corrected chi connectivity index (χ4v) is 3.64. The third kappa shape index (κ3) is 4.12. The molecule has 1 heterocycles. The summed E-state index contributed by atoms with van der Waals surface area (Å²) in [6.45, 7) is 7.32. The first kappa shape index (κ1) is 17.9. The molecule has 0 bridgehead atoms. The summed E-state index contributed by atoms with van der Waals surface area (Å²) in [6.07, 6.45) is 1.27. The first-order chi connectivity index (χ1) is 10.5. The summed E-state index contributed by atoms with van der Waals surface area (Å²) in [4.78, 5) is 14.5. The summed E-state index contributed by atoms with van der Waals surface area (Å²) in [6, 6.07) is 5.24. The van der Waals surface area contributed by atoms with E-state index in [0.717, 1.165) is 17.5 Å². The standard InChI is InChI=1S/C17H26N2O3S/c1-17(2,3)11-16(20)19-9-8-13-6-7-15(10-14(13)12-19)23(21,22)18(4)5/h6-7,10H,8-9,11-12H2,1-5H3. The van der Waals surface area contributed by atoms with Crippen LogP contribution in [0.5, 0.6) is 0 Å². The maximum absolute atomic E-state index is 12.4. The molecule has 1 aromatic carbocycles. The number of carbonyl (C=O) groups is 1. The van der Waals surface area contributed by atoms with Crippen molar-refractivity contribution < 1.29 is 13.2 Å². The third-order valence-corrected chi connectivity index (χ3v) is 5.81. The quantitative estimate of drug-likeness (QED) is 0.849. The van der Waals surface area contributed by atoms with E-state index in [0.29, 0.717) is 19.5 Å². The summed E-state index contributed by atoms with van der Waals surface area (Å²) < 4.78 is 25.7. The molecule has 0 unspecified atom stereocenters. The lowest BCUT2D eigenvalue weighted by Crippen LogP contribution is -2.37.